The van der Waals surface area contributed by atoms with Gasteiger partial charge in [-0.15, -0.1) is 0 Å². The van der Waals surface area contributed by atoms with Gasteiger partial charge < -0.3 is 10.2 Å². The standard InChI is InChI=1S/C11H21N2O/c1-13(2)9-8-11(14)12-10-6-4-3-5-7-10/h3,10H,4-9H2,1-2H3,(H,12,14). The number of rotatable bonds is 4. The maximum Gasteiger partial charge on any atom is 0.221 e. The van der Waals surface area contributed by atoms with Crippen LogP contribution in [0.3, 0.4) is 0 Å². The Balaban J connectivity index is 2.12. The van der Waals surface area contributed by atoms with Crippen molar-refractivity contribution in [1.82, 2.24) is 10.2 Å². The molecular formula is C11H21N2O. The van der Waals surface area contributed by atoms with Crippen molar-refractivity contribution in [3.05, 3.63) is 6.42 Å². The molecule has 0 heterocycles. The Kier molecular flexibility index (Phi) is 4.94. The lowest BCUT2D eigenvalue weighted by atomic mass is 9.95. The highest BCUT2D eigenvalue weighted by atomic mass is 16.1. The summed E-state index contributed by atoms with van der Waals surface area (Å²) in [7, 11) is 3.98. The van der Waals surface area contributed by atoms with E-state index in [1.54, 1.807) is 0 Å². The topological polar surface area (TPSA) is 32.3 Å². The van der Waals surface area contributed by atoms with Crippen molar-refractivity contribution in [3.63, 3.8) is 0 Å². The second kappa shape index (κ2) is 6.02. The van der Waals surface area contributed by atoms with E-state index in [1.807, 2.05) is 19.0 Å². The molecule has 0 spiro atoms. The molecule has 1 rings (SSSR count). The van der Waals surface area contributed by atoms with E-state index < -0.39 is 0 Å². The fraction of sp³-hybridized carbons (Fsp3) is 0.818. The molecule has 0 aliphatic heterocycles. The molecule has 1 amide bonds. The summed E-state index contributed by atoms with van der Waals surface area (Å²) < 4.78 is 0. The fourth-order valence-electron chi connectivity index (χ4n) is 1.70. The summed E-state index contributed by atoms with van der Waals surface area (Å²) in [6.07, 6.45) is 7.47. The lowest BCUT2D eigenvalue weighted by Gasteiger charge is -2.22. The first-order valence-electron chi connectivity index (χ1n) is 5.44. The Morgan fingerprint density at radius 2 is 2.07 bits per heavy atom. The minimum Gasteiger partial charge on any atom is -0.353 e. The zero-order chi connectivity index (χ0) is 10.4. The predicted molar refractivity (Wildman–Crippen MR) is 57.9 cm³/mol. The summed E-state index contributed by atoms with van der Waals surface area (Å²) in [5.74, 6) is 0.200. The predicted octanol–water partition coefficient (Wildman–Crippen LogP) is 1.20. The maximum atomic E-state index is 11.5. The number of amides is 1. The number of hydrogen-bond donors (Lipinski definition) is 1. The minimum absolute atomic E-state index is 0.200. The Bertz CT molecular complexity index is 174. The van der Waals surface area contributed by atoms with Gasteiger partial charge in [-0.3, -0.25) is 4.79 Å². The van der Waals surface area contributed by atoms with Crippen molar-refractivity contribution in [2.75, 3.05) is 20.6 Å². The van der Waals surface area contributed by atoms with Crippen molar-refractivity contribution in [2.45, 2.75) is 38.1 Å². The summed E-state index contributed by atoms with van der Waals surface area (Å²) in [4.78, 5) is 13.5. The van der Waals surface area contributed by atoms with Crippen molar-refractivity contribution in [1.29, 1.82) is 0 Å². The van der Waals surface area contributed by atoms with Crippen LogP contribution >= 0.6 is 0 Å². The quantitative estimate of drug-likeness (QED) is 0.734. The van der Waals surface area contributed by atoms with Crippen LogP contribution in [-0.2, 0) is 4.79 Å². The van der Waals surface area contributed by atoms with Crippen LogP contribution in [0.4, 0.5) is 0 Å². The molecule has 1 fully saturated rings. The van der Waals surface area contributed by atoms with Gasteiger partial charge in [-0.05, 0) is 46.2 Å². The molecule has 81 valence electrons. The van der Waals surface area contributed by atoms with E-state index in [1.165, 1.54) is 0 Å². The van der Waals surface area contributed by atoms with Gasteiger partial charge in [0.15, 0.2) is 0 Å². The Morgan fingerprint density at radius 3 is 2.64 bits per heavy atom. The molecule has 1 radical (unpaired) electrons. The van der Waals surface area contributed by atoms with Crippen molar-refractivity contribution < 1.29 is 4.79 Å². The summed E-state index contributed by atoms with van der Waals surface area (Å²) >= 11 is 0. The van der Waals surface area contributed by atoms with Gasteiger partial charge in [0.25, 0.3) is 0 Å². The van der Waals surface area contributed by atoms with Crippen LogP contribution in [-0.4, -0.2) is 37.5 Å². The van der Waals surface area contributed by atoms with Gasteiger partial charge >= 0.3 is 0 Å². The zero-order valence-corrected chi connectivity index (χ0v) is 9.25. The average molecular weight is 197 g/mol. The van der Waals surface area contributed by atoms with E-state index in [0.717, 1.165) is 32.2 Å². The third kappa shape index (κ3) is 4.61. The highest BCUT2D eigenvalue weighted by molar-refractivity contribution is 5.76. The number of nitrogens with one attached hydrogen (secondary N) is 1. The normalized spacial score (nSPS) is 18.5. The van der Waals surface area contributed by atoms with Crippen LogP contribution in [0.1, 0.15) is 32.1 Å². The molecule has 3 heteroatoms. The van der Waals surface area contributed by atoms with Gasteiger partial charge in [0.05, 0.1) is 0 Å². The Morgan fingerprint density at radius 1 is 1.43 bits per heavy atom. The molecule has 1 aliphatic rings. The molecular weight excluding hydrogens is 176 g/mol. The average Bonchev–Trinajstić information content (AvgIpc) is 2.16. The van der Waals surface area contributed by atoms with Crippen molar-refractivity contribution in [2.24, 2.45) is 0 Å². The van der Waals surface area contributed by atoms with E-state index in [0.29, 0.717) is 12.5 Å². The van der Waals surface area contributed by atoms with E-state index >= 15 is 0 Å². The molecule has 3 nitrogen and oxygen atoms in total. The van der Waals surface area contributed by atoms with Gasteiger partial charge in [0.1, 0.15) is 0 Å². The molecule has 0 aromatic heterocycles. The number of carbonyl (C=O) groups excluding carboxylic acids is 1. The molecule has 1 saturated carbocycles. The van der Waals surface area contributed by atoms with Gasteiger partial charge in [-0.1, -0.05) is 0 Å². The summed E-state index contributed by atoms with van der Waals surface area (Å²) in [5, 5.41) is 3.09. The molecule has 0 bridgehead atoms. The third-order valence-corrected chi connectivity index (χ3v) is 2.59. The molecule has 0 unspecified atom stereocenters. The maximum absolute atomic E-state index is 11.5. The minimum atomic E-state index is 0.200. The van der Waals surface area contributed by atoms with Crippen LogP contribution in [0.2, 0.25) is 0 Å². The molecule has 0 aromatic rings. The van der Waals surface area contributed by atoms with Crippen LogP contribution in [0.15, 0.2) is 0 Å². The first-order valence-corrected chi connectivity index (χ1v) is 5.44. The largest absolute Gasteiger partial charge is 0.353 e. The summed E-state index contributed by atoms with van der Waals surface area (Å²) in [5.41, 5.74) is 0. The summed E-state index contributed by atoms with van der Waals surface area (Å²) in [6, 6.07) is 0.426. The highest BCUT2D eigenvalue weighted by Crippen LogP contribution is 2.16. The molecule has 1 aliphatic carbocycles. The molecule has 0 saturated heterocycles. The van der Waals surface area contributed by atoms with Crippen molar-refractivity contribution in [3.8, 4) is 0 Å². The summed E-state index contributed by atoms with van der Waals surface area (Å²) in [6.45, 7) is 0.838. The van der Waals surface area contributed by atoms with Crippen molar-refractivity contribution >= 4 is 5.91 Å². The van der Waals surface area contributed by atoms with E-state index in [4.69, 9.17) is 0 Å². The van der Waals surface area contributed by atoms with Crippen LogP contribution in [0.5, 0.6) is 0 Å². The molecule has 0 atom stereocenters. The van der Waals surface area contributed by atoms with Gasteiger partial charge in [-0.25, -0.2) is 0 Å². The van der Waals surface area contributed by atoms with E-state index in [2.05, 4.69) is 11.7 Å². The van der Waals surface area contributed by atoms with Gasteiger partial charge in [0.2, 0.25) is 5.91 Å². The van der Waals surface area contributed by atoms with Crippen LogP contribution in [0, 0.1) is 6.42 Å². The smallest absolute Gasteiger partial charge is 0.221 e. The molecule has 1 N–H and O–H groups in total. The number of carbonyl (C=O) groups is 1. The number of hydrogen-bond acceptors (Lipinski definition) is 2. The second-order valence-corrected chi connectivity index (χ2v) is 4.26. The first-order chi connectivity index (χ1) is 6.68. The van der Waals surface area contributed by atoms with E-state index in [-0.39, 0.29) is 5.91 Å². The monoisotopic (exact) mass is 197 g/mol. The molecule has 0 aromatic carbocycles. The third-order valence-electron chi connectivity index (χ3n) is 2.59. The fourth-order valence-corrected chi connectivity index (χ4v) is 1.70. The van der Waals surface area contributed by atoms with Crippen LogP contribution in [0.25, 0.3) is 0 Å². The van der Waals surface area contributed by atoms with E-state index in [9.17, 15) is 4.79 Å². The highest BCUT2D eigenvalue weighted by Gasteiger charge is 2.15. The van der Waals surface area contributed by atoms with Gasteiger partial charge in [0, 0.05) is 19.0 Å². The second-order valence-electron chi connectivity index (χ2n) is 4.26. The SMILES string of the molecule is CN(C)CCC(=O)NC1CC[CH]CC1. The Labute approximate surface area is 86.9 Å². The Hall–Kier alpha value is -0.570. The lowest BCUT2D eigenvalue weighted by Crippen LogP contribution is -2.37. The lowest BCUT2D eigenvalue weighted by molar-refractivity contribution is -0.122. The molecule has 14 heavy (non-hydrogen) atoms. The first kappa shape index (κ1) is 11.5. The van der Waals surface area contributed by atoms with Crippen LogP contribution < -0.4 is 5.32 Å². The van der Waals surface area contributed by atoms with Gasteiger partial charge in [-0.2, -0.15) is 0 Å². The number of nitrogens with zero attached hydrogens (tertiary/aromatic N) is 1. The zero-order valence-electron chi connectivity index (χ0n) is 9.25.